The fourth-order valence-corrected chi connectivity index (χ4v) is 8.17. The van der Waals surface area contributed by atoms with Crippen LogP contribution in [-0.4, -0.2) is 47.4 Å². The lowest BCUT2D eigenvalue weighted by atomic mass is 10.0. The maximum atomic E-state index is 12.4. The summed E-state index contributed by atoms with van der Waals surface area (Å²) in [5.41, 5.74) is 0. The van der Waals surface area contributed by atoms with E-state index in [1.54, 1.807) is 0 Å². The van der Waals surface area contributed by atoms with Gasteiger partial charge >= 0.3 is 5.97 Å². The van der Waals surface area contributed by atoms with E-state index < -0.39 is 12.1 Å². The van der Waals surface area contributed by atoms with Crippen LogP contribution in [0.25, 0.3) is 0 Å². The number of aliphatic hydroxyl groups excluding tert-OH is 2. The summed E-state index contributed by atoms with van der Waals surface area (Å²) in [5.74, 6) is -0.0366. The van der Waals surface area contributed by atoms with Crippen molar-refractivity contribution in [3.05, 3.63) is 0 Å². The first-order valence-corrected chi connectivity index (χ1v) is 25.8. The van der Waals surface area contributed by atoms with Crippen LogP contribution in [0.4, 0.5) is 0 Å². The second kappa shape index (κ2) is 47.5. The maximum absolute atomic E-state index is 12.4. The van der Waals surface area contributed by atoms with Gasteiger partial charge in [-0.15, -0.1) is 0 Å². The van der Waals surface area contributed by atoms with Gasteiger partial charge in [0.1, 0.15) is 0 Å². The maximum Gasteiger partial charge on any atom is 0.305 e. The van der Waals surface area contributed by atoms with E-state index in [0.717, 1.165) is 38.5 Å². The average molecular weight is 808 g/mol. The Hall–Kier alpha value is -1.14. The fourth-order valence-electron chi connectivity index (χ4n) is 8.17. The molecule has 2 unspecified atom stereocenters. The molecule has 0 bridgehead atoms. The second-order valence-electron chi connectivity index (χ2n) is 17.9. The van der Waals surface area contributed by atoms with Crippen molar-refractivity contribution in [2.45, 2.75) is 302 Å². The standard InChI is InChI=1S/C51H101NO5/c1-3-5-7-9-11-13-15-16-22-25-29-33-37-41-45-51(56)57-46-42-38-34-30-26-23-20-18-17-19-21-24-28-32-36-40-44-50(55)52-48(47-53)49(54)43-39-35-31-27-14-12-10-8-6-4-2/h48-49,53-54H,3-47H2,1-2H3,(H,52,55). The van der Waals surface area contributed by atoms with Gasteiger partial charge < -0.3 is 20.3 Å². The lowest BCUT2D eigenvalue weighted by molar-refractivity contribution is -0.143. The van der Waals surface area contributed by atoms with Crippen molar-refractivity contribution in [1.29, 1.82) is 0 Å². The van der Waals surface area contributed by atoms with E-state index in [1.807, 2.05) is 0 Å². The average Bonchev–Trinajstić information content (AvgIpc) is 3.21. The normalized spacial score (nSPS) is 12.6. The summed E-state index contributed by atoms with van der Waals surface area (Å²) in [6.45, 7) is 4.93. The van der Waals surface area contributed by atoms with E-state index in [4.69, 9.17) is 4.74 Å². The van der Waals surface area contributed by atoms with Crippen molar-refractivity contribution in [3.63, 3.8) is 0 Å². The number of esters is 1. The topological polar surface area (TPSA) is 95.9 Å². The summed E-state index contributed by atoms with van der Waals surface area (Å²) in [6, 6.07) is -0.543. The number of aliphatic hydroxyl groups is 2. The number of carbonyl (C=O) groups excluding carboxylic acids is 2. The molecule has 0 aliphatic rings. The van der Waals surface area contributed by atoms with Gasteiger partial charge in [-0.05, 0) is 25.7 Å². The Morgan fingerprint density at radius 2 is 0.719 bits per heavy atom. The Labute approximate surface area is 356 Å². The van der Waals surface area contributed by atoms with Crippen LogP contribution in [0.3, 0.4) is 0 Å². The van der Waals surface area contributed by atoms with Crippen LogP contribution in [0.1, 0.15) is 290 Å². The summed E-state index contributed by atoms with van der Waals surface area (Å²) < 4.78 is 5.47. The van der Waals surface area contributed by atoms with Gasteiger partial charge in [0.15, 0.2) is 0 Å². The third-order valence-electron chi connectivity index (χ3n) is 12.2. The van der Waals surface area contributed by atoms with Crippen molar-refractivity contribution >= 4 is 11.9 Å². The number of rotatable bonds is 48. The van der Waals surface area contributed by atoms with Crippen LogP contribution >= 0.6 is 0 Å². The molecule has 0 saturated carbocycles. The van der Waals surface area contributed by atoms with Crippen LogP contribution in [0.2, 0.25) is 0 Å². The fraction of sp³-hybridized carbons (Fsp3) is 0.961. The molecule has 0 aliphatic carbocycles. The molecular formula is C51H101NO5. The van der Waals surface area contributed by atoms with Crippen LogP contribution in [0.15, 0.2) is 0 Å². The smallest absolute Gasteiger partial charge is 0.305 e. The molecule has 0 aromatic carbocycles. The number of nitrogens with one attached hydrogen (secondary N) is 1. The van der Waals surface area contributed by atoms with Crippen LogP contribution in [0, 0.1) is 0 Å². The molecule has 6 nitrogen and oxygen atoms in total. The Kier molecular flexibility index (Phi) is 46.6. The number of carbonyl (C=O) groups is 2. The highest BCUT2D eigenvalue weighted by molar-refractivity contribution is 5.76. The lowest BCUT2D eigenvalue weighted by Gasteiger charge is -2.22. The third-order valence-corrected chi connectivity index (χ3v) is 12.2. The SMILES string of the molecule is CCCCCCCCCCCCCCCCC(=O)OCCCCCCCCCCCCCCCCCCC(=O)NC(CO)C(O)CCCCCCCCCCCC. The molecule has 0 aliphatic heterocycles. The van der Waals surface area contributed by atoms with Gasteiger partial charge in [0.05, 0.1) is 25.4 Å². The molecule has 0 saturated heterocycles. The number of hydrogen-bond acceptors (Lipinski definition) is 5. The molecule has 0 rings (SSSR count). The van der Waals surface area contributed by atoms with E-state index in [2.05, 4.69) is 19.2 Å². The minimum atomic E-state index is -0.665. The predicted molar refractivity (Wildman–Crippen MR) is 246 cm³/mol. The van der Waals surface area contributed by atoms with Crippen LogP contribution in [-0.2, 0) is 14.3 Å². The Morgan fingerprint density at radius 3 is 1.07 bits per heavy atom. The monoisotopic (exact) mass is 808 g/mol. The molecule has 3 N–H and O–H groups in total. The first-order valence-electron chi connectivity index (χ1n) is 25.8. The van der Waals surface area contributed by atoms with E-state index in [0.29, 0.717) is 25.9 Å². The highest BCUT2D eigenvalue weighted by Gasteiger charge is 2.20. The van der Waals surface area contributed by atoms with Crippen molar-refractivity contribution in [2.75, 3.05) is 13.2 Å². The zero-order chi connectivity index (χ0) is 41.5. The van der Waals surface area contributed by atoms with Gasteiger partial charge in [0.2, 0.25) is 5.91 Å². The zero-order valence-corrected chi connectivity index (χ0v) is 38.6. The number of amides is 1. The summed E-state index contributed by atoms with van der Waals surface area (Å²) in [6.07, 6.45) is 52.2. The molecule has 0 aromatic rings. The van der Waals surface area contributed by atoms with Crippen LogP contribution < -0.4 is 5.32 Å². The van der Waals surface area contributed by atoms with Gasteiger partial charge in [-0.2, -0.15) is 0 Å². The zero-order valence-electron chi connectivity index (χ0n) is 38.6. The highest BCUT2D eigenvalue weighted by atomic mass is 16.5. The number of ether oxygens (including phenoxy) is 1. The van der Waals surface area contributed by atoms with Crippen molar-refractivity contribution in [1.82, 2.24) is 5.32 Å². The summed E-state index contributed by atoms with van der Waals surface area (Å²) >= 11 is 0. The quantitative estimate of drug-likeness (QED) is 0.0420. The Morgan fingerprint density at radius 1 is 0.421 bits per heavy atom. The molecule has 0 heterocycles. The Bertz CT molecular complexity index is 806. The molecule has 340 valence electrons. The molecule has 0 radical (unpaired) electrons. The lowest BCUT2D eigenvalue weighted by Crippen LogP contribution is -2.45. The first kappa shape index (κ1) is 55.9. The first-order chi connectivity index (χ1) is 28.0. The molecule has 0 spiro atoms. The van der Waals surface area contributed by atoms with Crippen molar-refractivity contribution < 1.29 is 24.5 Å². The molecule has 1 amide bonds. The number of unbranched alkanes of at least 4 members (excludes halogenated alkanes) is 37. The van der Waals surface area contributed by atoms with E-state index in [1.165, 1.54) is 218 Å². The molecular weight excluding hydrogens is 707 g/mol. The second-order valence-corrected chi connectivity index (χ2v) is 17.9. The third kappa shape index (κ3) is 44.2. The van der Waals surface area contributed by atoms with Crippen LogP contribution in [0.5, 0.6) is 0 Å². The van der Waals surface area contributed by atoms with Gasteiger partial charge in [-0.25, -0.2) is 0 Å². The van der Waals surface area contributed by atoms with E-state index in [-0.39, 0.29) is 18.5 Å². The number of hydrogen-bond donors (Lipinski definition) is 3. The Balaban J connectivity index is 3.38. The molecule has 57 heavy (non-hydrogen) atoms. The largest absolute Gasteiger partial charge is 0.466 e. The summed E-state index contributed by atoms with van der Waals surface area (Å²) in [7, 11) is 0. The van der Waals surface area contributed by atoms with E-state index in [9.17, 15) is 19.8 Å². The highest BCUT2D eigenvalue weighted by Crippen LogP contribution is 2.17. The van der Waals surface area contributed by atoms with Gasteiger partial charge in [0, 0.05) is 12.8 Å². The van der Waals surface area contributed by atoms with E-state index >= 15 is 0 Å². The minimum absolute atomic E-state index is 0.00567. The summed E-state index contributed by atoms with van der Waals surface area (Å²) in [4.78, 5) is 24.4. The van der Waals surface area contributed by atoms with Crippen molar-refractivity contribution in [2.24, 2.45) is 0 Å². The predicted octanol–water partition coefficient (Wildman–Crippen LogP) is 15.2. The van der Waals surface area contributed by atoms with Gasteiger partial charge in [0.25, 0.3) is 0 Å². The van der Waals surface area contributed by atoms with Crippen molar-refractivity contribution in [3.8, 4) is 0 Å². The molecule has 2 atom stereocenters. The molecule has 0 aromatic heterocycles. The molecule has 6 heteroatoms. The van der Waals surface area contributed by atoms with Gasteiger partial charge in [-0.1, -0.05) is 251 Å². The minimum Gasteiger partial charge on any atom is -0.466 e. The summed E-state index contributed by atoms with van der Waals surface area (Å²) in [5, 5.41) is 23.1. The molecule has 0 fully saturated rings. The van der Waals surface area contributed by atoms with Gasteiger partial charge in [-0.3, -0.25) is 9.59 Å².